The third-order valence-electron chi connectivity index (χ3n) is 3.16. The maximum Gasteiger partial charge on any atom is 0.161 e. The van der Waals surface area contributed by atoms with Gasteiger partial charge in [-0.3, -0.25) is 9.97 Å². The van der Waals surface area contributed by atoms with Gasteiger partial charge in [-0.1, -0.05) is 13.3 Å². The van der Waals surface area contributed by atoms with E-state index in [2.05, 4.69) is 42.8 Å². The van der Waals surface area contributed by atoms with Crippen molar-refractivity contribution in [2.75, 3.05) is 5.73 Å². The molecule has 0 spiro atoms. The van der Waals surface area contributed by atoms with Gasteiger partial charge in [0.05, 0.1) is 21.2 Å². The molecule has 0 saturated carbocycles. The quantitative estimate of drug-likeness (QED) is 0.788. The van der Waals surface area contributed by atoms with Crippen molar-refractivity contribution in [3.8, 4) is 11.4 Å². The highest BCUT2D eigenvalue weighted by molar-refractivity contribution is 9.10. The van der Waals surface area contributed by atoms with E-state index in [1.165, 1.54) is 0 Å². The summed E-state index contributed by atoms with van der Waals surface area (Å²) in [4.78, 5) is 17.5. The first-order valence-corrected chi connectivity index (χ1v) is 7.51. The summed E-state index contributed by atoms with van der Waals surface area (Å²) in [5, 5.41) is 0. The fourth-order valence-corrected chi connectivity index (χ4v) is 2.52. The number of aromatic nitrogens is 4. The number of halogens is 1. The van der Waals surface area contributed by atoms with Gasteiger partial charge in [-0.15, -0.1) is 0 Å². The van der Waals surface area contributed by atoms with Gasteiger partial charge in [0.25, 0.3) is 0 Å². The van der Waals surface area contributed by atoms with Crippen molar-refractivity contribution >= 4 is 32.8 Å². The van der Waals surface area contributed by atoms with E-state index in [4.69, 9.17) is 5.73 Å². The second-order valence-corrected chi connectivity index (χ2v) is 5.50. The number of nitrogen functional groups attached to an aromatic ring is 1. The zero-order valence-corrected chi connectivity index (χ0v) is 13.1. The van der Waals surface area contributed by atoms with Gasteiger partial charge < -0.3 is 5.73 Å². The highest BCUT2D eigenvalue weighted by atomic mass is 79.9. The number of anilines is 1. The Labute approximate surface area is 130 Å². The van der Waals surface area contributed by atoms with E-state index in [1.807, 2.05) is 18.2 Å². The maximum atomic E-state index is 5.98. The minimum Gasteiger partial charge on any atom is -0.383 e. The van der Waals surface area contributed by atoms with Crippen molar-refractivity contribution in [2.45, 2.75) is 19.8 Å². The lowest BCUT2D eigenvalue weighted by atomic mass is 10.1. The van der Waals surface area contributed by atoms with Crippen molar-refractivity contribution in [3.63, 3.8) is 0 Å². The van der Waals surface area contributed by atoms with Crippen LogP contribution in [0, 0.1) is 0 Å². The number of hydrogen-bond donors (Lipinski definition) is 1. The Morgan fingerprint density at radius 3 is 2.62 bits per heavy atom. The summed E-state index contributed by atoms with van der Waals surface area (Å²) in [7, 11) is 0. The normalized spacial score (nSPS) is 11.0. The van der Waals surface area contributed by atoms with Crippen molar-refractivity contribution in [3.05, 3.63) is 40.8 Å². The van der Waals surface area contributed by atoms with E-state index in [1.54, 1.807) is 12.4 Å². The Bertz CT molecular complexity index is 803. The molecule has 0 aliphatic rings. The molecular formula is C15H14BrN5. The van der Waals surface area contributed by atoms with Gasteiger partial charge in [0.1, 0.15) is 5.82 Å². The van der Waals surface area contributed by atoms with E-state index in [-0.39, 0.29) is 0 Å². The Morgan fingerprint density at radius 2 is 1.86 bits per heavy atom. The molecule has 2 heterocycles. The average Bonchev–Trinajstić information content (AvgIpc) is 2.51. The predicted molar refractivity (Wildman–Crippen MR) is 86.7 cm³/mol. The zero-order chi connectivity index (χ0) is 14.8. The second-order valence-electron chi connectivity index (χ2n) is 4.70. The number of aryl methyl sites for hydroxylation is 1. The molecule has 0 aliphatic carbocycles. The lowest BCUT2D eigenvalue weighted by molar-refractivity contribution is 0.870. The summed E-state index contributed by atoms with van der Waals surface area (Å²) in [6.45, 7) is 2.11. The lowest BCUT2D eigenvalue weighted by Crippen LogP contribution is -2.03. The van der Waals surface area contributed by atoms with Crippen molar-refractivity contribution in [1.29, 1.82) is 0 Å². The standard InChI is InChI=1S/C15H14BrN5/c1-2-3-11-13(16)14(17)21-15(20-11)9-4-5-10-12(8-9)19-7-6-18-10/h4-8H,2-3H2,1H3,(H2,17,20,21). The van der Waals surface area contributed by atoms with Crippen LogP contribution in [0.1, 0.15) is 19.0 Å². The largest absolute Gasteiger partial charge is 0.383 e. The number of hydrogen-bond acceptors (Lipinski definition) is 5. The van der Waals surface area contributed by atoms with E-state index < -0.39 is 0 Å². The minimum atomic E-state index is 0.461. The van der Waals surface area contributed by atoms with Crippen molar-refractivity contribution in [1.82, 2.24) is 19.9 Å². The van der Waals surface area contributed by atoms with E-state index in [0.29, 0.717) is 11.6 Å². The summed E-state index contributed by atoms with van der Waals surface area (Å²) in [5.41, 5.74) is 9.46. The molecule has 106 valence electrons. The predicted octanol–water partition coefficient (Wildman–Crippen LogP) is 3.38. The van der Waals surface area contributed by atoms with Crippen LogP contribution in [0.3, 0.4) is 0 Å². The second kappa shape index (κ2) is 5.73. The first-order chi connectivity index (χ1) is 10.2. The van der Waals surface area contributed by atoms with Crippen LogP contribution >= 0.6 is 15.9 Å². The number of rotatable bonds is 3. The molecule has 6 heteroatoms. The molecule has 21 heavy (non-hydrogen) atoms. The van der Waals surface area contributed by atoms with Crippen LogP contribution < -0.4 is 5.73 Å². The summed E-state index contributed by atoms with van der Waals surface area (Å²) in [5.74, 6) is 1.08. The SMILES string of the molecule is CCCc1nc(-c2ccc3nccnc3c2)nc(N)c1Br. The lowest BCUT2D eigenvalue weighted by Gasteiger charge is -2.08. The third-order valence-corrected chi connectivity index (χ3v) is 4.02. The Morgan fingerprint density at radius 1 is 1.10 bits per heavy atom. The topological polar surface area (TPSA) is 77.6 Å². The highest BCUT2D eigenvalue weighted by Gasteiger charge is 2.11. The van der Waals surface area contributed by atoms with Crippen LogP contribution in [-0.4, -0.2) is 19.9 Å². The smallest absolute Gasteiger partial charge is 0.161 e. The fourth-order valence-electron chi connectivity index (χ4n) is 2.15. The van der Waals surface area contributed by atoms with Gasteiger partial charge in [-0.2, -0.15) is 0 Å². The summed E-state index contributed by atoms with van der Waals surface area (Å²) in [6.07, 6.45) is 5.20. The van der Waals surface area contributed by atoms with Crippen molar-refractivity contribution < 1.29 is 0 Å². The van der Waals surface area contributed by atoms with Crippen LogP contribution in [0.15, 0.2) is 35.1 Å². The van der Waals surface area contributed by atoms with Gasteiger partial charge in [0.2, 0.25) is 0 Å². The van der Waals surface area contributed by atoms with Crippen LogP contribution in [0.25, 0.3) is 22.4 Å². The van der Waals surface area contributed by atoms with E-state index >= 15 is 0 Å². The van der Waals surface area contributed by atoms with Crippen LogP contribution in [0.2, 0.25) is 0 Å². The van der Waals surface area contributed by atoms with E-state index in [0.717, 1.165) is 39.6 Å². The Kier molecular flexibility index (Phi) is 3.79. The molecule has 3 rings (SSSR count). The highest BCUT2D eigenvalue weighted by Crippen LogP contribution is 2.27. The average molecular weight is 344 g/mol. The Hall–Kier alpha value is -2.08. The molecule has 2 N–H and O–H groups in total. The summed E-state index contributed by atoms with van der Waals surface area (Å²) >= 11 is 3.46. The third kappa shape index (κ3) is 2.71. The first kappa shape index (κ1) is 13.9. The molecule has 0 unspecified atom stereocenters. The van der Waals surface area contributed by atoms with Gasteiger partial charge in [0, 0.05) is 18.0 Å². The zero-order valence-electron chi connectivity index (χ0n) is 11.5. The molecule has 0 fully saturated rings. The molecule has 0 atom stereocenters. The maximum absolute atomic E-state index is 5.98. The number of nitrogens with zero attached hydrogens (tertiary/aromatic N) is 4. The van der Waals surface area contributed by atoms with Gasteiger partial charge in [-0.25, -0.2) is 9.97 Å². The minimum absolute atomic E-state index is 0.461. The molecule has 0 amide bonds. The van der Waals surface area contributed by atoms with Gasteiger partial charge in [0.15, 0.2) is 5.82 Å². The Balaban J connectivity index is 2.13. The summed E-state index contributed by atoms with van der Waals surface area (Å²) < 4.78 is 0.786. The van der Waals surface area contributed by atoms with Crippen LogP contribution in [0.5, 0.6) is 0 Å². The molecule has 5 nitrogen and oxygen atoms in total. The monoisotopic (exact) mass is 343 g/mol. The van der Waals surface area contributed by atoms with Crippen LogP contribution in [0.4, 0.5) is 5.82 Å². The van der Waals surface area contributed by atoms with Gasteiger partial charge >= 0.3 is 0 Å². The molecule has 1 aromatic carbocycles. The van der Waals surface area contributed by atoms with Crippen molar-refractivity contribution in [2.24, 2.45) is 0 Å². The fraction of sp³-hybridized carbons (Fsp3) is 0.200. The molecule has 0 saturated heterocycles. The summed E-state index contributed by atoms with van der Waals surface area (Å²) in [6, 6.07) is 5.79. The molecule has 0 bridgehead atoms. The molecule has 0 aliphatic heterocycles. The van der Waals surface area contributed by atoms with E-state index in [9.17, 15) is 0 Å². The van der Waals surface area contributed by atoms with Crippen LogP contribution in [-0.2, 0) is 6.42 Å². The first-order valence-electron chi connectivity index (χ1n) is 6.72. The molecule has 0 radical (unpaired) electrons. The molecule has 3 aromatic rings. The molecular weight excluding hydrogens is 330 g/mol. The van der Waals surface area contributed by atoms with Gasteiger partial charge in [-0.05, 0) is 40.5 Å². The number of nitrogens with two attached hydrogens (primary N) is 1. The number of benzene rings is 1. The number of fused-ring (bicyclic) bond motifs is 1. The molecule has 2 aromatic heterocycles.